The fourth-order valence-corrected chi connectivity index (χ4v) is 3.28. The lowest BCUT2D eigenvalue weighted by Crippen LogP contribution is -2.14. The Hall–Kier alpha value is -2.92. The first-order valence-electron chi connectivity index (χ1n) is 7.89. The van der Waals surface area contributed by atoms with Gasteiger partial charge in [0.05, 0.1) is 17.7 Å². The van der Waals surface area contributed by atoms with Gasteiger partial charge in [-0.25, -0.2) is 12.8 Å². The number of hydrogen-bond acceptors (Lipinski definition) is 7. The van der Waals surface area contributed by atoms with Crippen LogP contribution in [0.2, 0.25) is 0 Å². The number of benzene rings is 2. The number of hydrogen-bond donors (Lipinski definition) is 2. The number of para-hydroxylation sites is 1. The Morgan fingerprint density at radius 2 is 1.86 bits per heavy atom. The molecule has 3 aromatic rings. The quantitative estimate of drug-likeness (QED) is 0.563. The highest BCUT2D eigenvalue weighted by molar-refractivity contribution is 7.99. The average molecular weight is 422 g/mol. The van der Waals surface area contributed by atoms with Gasteiger partial charge < -0.3 is 9.73 Å². The number of halogens is 1. The van der Waals surface area contributed by atoms with Gasteiger partial charge in [0.25, 0.3) is 5.22 Å². The van der Waals surface area contributed by atoms with E-state index in [2.05, 4.69) is 20.2 Å². The molecule has 1 aromatic heterocycles. The highest BCUT2D eigenvalue weighted by Crippen LogP contribution is 2.25. The molecule has 0 fully saturated rings. The average Bonchev–Trinajstić information content (AvgIpc) is 3.10. The summed E-state index contributed by atoms with van der Waals surface area (Å²) in [5, 5.41) is 10.4. The Bertz CT molecular complexity index is 1080. The topological polar surface area (TPSA) is 114 Å². The minimum atomic E-state index is -3.36. The smallest absolute Gasteiger partial charge is 0.277 e. The Kier molecular flexibility index (Phi) is 5.95. The van der Waals surface area contributed by atoms with Gasteiger partial charge >= 0.3 is 0 Å². The Morgan fingerprint density at radius 1 is 1.14 bits per heavy atom. The van der Waals surface area contributed by atoms with Crippen LogP contribution in [0.1, 0.15) is 0 Å². The molecule has 8 nitrogen and oxygen atoms in total. The van der Waals surface area contributed by atoms with E-state index in [0.29, 0.717) is 11.3 Å². The standard InChI is InChI=1S/C17H15FN4O4S2/c1-28(24,25)22-12-8-6-11(7-9-12)16-20-21-17(26-16)27-10-15(23)19-14-5-3-2-4-13(14)18/h2-9,22H,10H2,1H3,(H,19,23). The van der Waals surface area contributed by atoms with Crippen LogP contribution in [-0.2, 0) is 14.8 Å². The number of thioether (sulfide) groups is 1. The van der Waals surface area contributed by atoms with Gasteiger partial charge in [-0.3, -0.25) is 9.52 Å². The second kappa shape index (κ2) is 8.40. The number of nitrogens with zero attached hydrogens (tertiary/aromatic N) is 2. The van der Waals surface area contributed by atoms with E-state index in [1.54, 1.807) is 30.3 Å². The number of rotatable bonds is 7. The third-order valence-electron chi connectivity index (χ3n) is 3.32. The summed E-state index contributed by atoms with van der Waals surface area (Å²) in [6.45, 7) is 0. The molecular formula is C17H15FN4O4S2. The molecule has 0 radical (unpaired) electrons. The fraction of sp³-hybridized carbons (Fsp3) is 0.118. The Labute approximate surface area is 164 Å². The molecular weight excluding hydrogens is 407 g/mol. The predicted molar refractivity (Wildman–Crippen MR) is 104 cm³/mol. The van der Waals surface area contributed by atoms with Crippen molar-refractivity contribution in [1.82, 2.24) is 10.2 Å². The molecule has 0 aliphatic rings. The lowest BCUT2D eigenvalue weighted by molar-refractivity contribution is -0.113. The van der Waals surface area contributed by atoms with E-state index < -0.39 is 21.7 Å². The number of carbonyl (C=O) groups is 1. The van der Waals surface area contributed by atoms with Gasteiger partial charge in [-0.05, 0) is 36.4 Å². The zero-order valence-electron chi connectivity index (χ0n) is 14.5. The first-order valence-corrected chi connectivity index (χ1v) is 10.8. The second-order valence-corrected chi connectivity index (χ2v) is 8.32. The third-order valence-corrected chi connectivity index (χ3v) is 4.74. The SMILES string of the molecule is CS(=O)(=O)Nc1ccc(-c2nnc(SCC(=O)Nc3ccccc3F)o2)cc1. The number of carbonyl (C=O) groups excluding carboxylic acids is 1. The zero-order valence-corrected chi connectivity index (χ0v) is 16.2. The third kappa shape index (κ3) is 5.54. The zero-order chi connectivity index (χ0) is 20.1. The molecule has 28 heavy (non-hydrogen) atoms. The Morgan fingerprint density at radius 3 is 2.54 bits per heavy atom. The van der Waals surface area contributed by atoms with Crippen molar-refractivity contribution >= 4 is 39.1 Å². The van der Waals surface area contributed by atoms with Crippen LogP contribution >= 0.6 is 11.8 Å². The van der Waals surface area contributed by atoms with Gasteiger partial charge in [0.2, 0.25) is 21.8 Å². The van der Waals surface area contributed by atoms with Gasteiger partial charge in [-0.15, -0.1) is 10.2 Å². The van der Waals surface area contributed by atoms with Crippen LogP contribution in [0.4, 0.5) is 15.8 Å². The van der Waals surface area contributed by atoms with Crippen LogP contribution in [0.3, 0.4) is 0 Å². The van der Waals surface area contributed by atoms with E-state index in [4.69, 9.17) is 4.42 Å². The summed E-state index contributed by atoms with van der Waals surface area (Å²) >= 11 is 1.01. The van der Waals surface area contributed by atoms with E-state index in [9.17, 15) is 17.6 Å². The van der Waals surface area contributed by atoms with Crippen LogP contribution in [0.15, 0.2) is 58.2 Å². The van der Waals surface area contributed by atoms with Crippen LogP contribution in [0.5, 0.6) is 0 Å². The molecule has 1 amide bonds. The summed E-state index contributed by atoms with van der Waals surface area (Å²) in [5.74, 6) is -0.739. The van der Waals surface area contributed by atoms with Crippen molar-refractivity contribution in [2.45, 2.75) is 5.22 Å². The Balaban J connectivity index is 1.58. The van der Waals surface area contributed by atoms with Crippen molar-refractivity contribution in [3.8, 4) is 11.5 Å². The van der Waals surface area contributed by atoms with Gasteiger partial charge in [-0.1, -0.05) is 23.9 Å². The summed E-state index contributed by atoms with van der Waals surface area (Å²) in [4.78, 5) is 11.9. The molecule has 0 saturated heterocycles. The van der Waals surface area contributed by atoms with Crippen molar-refractivity contribution < 1.29 is 22.0 Å². The van der Waals surface area contributed by atoms with E-state index in [0.717, 1.165) is 18.0 Å². The molecule has 2 N–H and O–H groups in total. The number of aromatic nitrogens is 2. The molecule has 0 saturated carbocycles. The maximum atomic E-state index is 13.5. The van der Waals surface area contributed by atoms with Crippen molar-refractivity contribution in [2.75, 3.05) is 22.0 Å². The molecule has 11 heteroatoms. The van der Waals surface area contributed by atoms with E-state index in [1.165, 1.54) is 18.2 Å². The predicted octanol–water partition coefficient (Wildman–Crippen LogP) is 2.98. The van der Waals surface area contributed by atoms with Crippen molar-refractivity contribution in [2.24, 2.45) is 0 Å². The summed E-state index contributed by atoms with van der Waals surface area (Å²) < 4.78 is 43.8. The molecule has 0 atom stereocenters. The molecule has 146 valence electrons. The number of sulfonamides is 1. The number of amides is 1. The largest absolute Gasteiger partial charge is 0.411 e. The molecule has 0 aliphatic carbocycles. The van der Waals surface area contributed by atoms with Crippen LogP contribution in [0, 0.1) is 5.82 Å². The van der Waals surface area contributed by atoms with Gasteiger partial charge in [0, 0.05) is 11.3 Å². The number of nitrogens with one attached hydrogen (secondary N) is 2. The highest BCUT2D eigenvalue weighted by atomic mass is 32.2. The molecule has 0 spiro atoms. The fourth-order valence-electron chi connectivity index (χ4n) is 2.16. The molecule has 2 aromatic carbocycles. The molecule has 0 unspecified atom stereocenters. The first-order chi connectivity index (χ1) is 13.3. The maximum Gasteiger partial charge on any atom is 0.277 e. The van der Waals surface area contributed by atoms with Gasteiger partial charge in [-0.2, -0.15) is 0 Å². The van der Waals surface area contributed by atoms with Gasteiger partial charge in [0.15, 0.2) is 0 Å². The minimum absolute atomic E-state index is 0.0345. The normalized spacial score (nSPS) is 11.2. The lowest BCUT2D eigenvalue weighted by atomic mass is 10.2. The minimum Gasteiger partial charge on any atom is -0.411 e. The first kappa shape index (κ1) is 19.8. The monoisotopic (exact) mass is 422 g/mol. The van der Waals surface area contributed by atoms with Gasteiger partial charge in [0.1, 0.15) is 5.82 Å². The summed E-state index contributed by atoms with van der Waals surface area (Å²) in [7, 11) is -3.36. The molecule has 1 heterocycles. The van der Waals surface area contributed by atoms with Crippen LogP contribution in [0.25, 0.3) is 11.5 Å². The second-order valence-electron chi connectivity index (χ2n) is 5.64. The molecule has 0 bridgehead atoms. The highest BCUT2D eigenvalue weighted by Gasteiger charge is 2.13. The maximum absolute atomic E-state index is 13.5. The van der Waals surface area contributed by atoms with Crippen LogP contribution in [-0.4, -0.2) is 36.5 Å². The van der Waals surface area contributed by atoms with E-state index in [1.807, 2.05) is 0 Å². The van der Waals surface area contributed by atoms with Crippen LogP contribution < -0.4 is 10.0 Å². The summed E-state index contributed by atoms with van der Waals surface area (Å²) in [6.07, 6.45) is 1.06. The number of anilines is 2. The van der Waals surface area contributed by atoms with E-state index >= 15 is 0 Å². The lowest BCUT2D eigenvalue weighted by Gasteiger charge is -2.04. The van der Waals surface area contributed by atoms with Crippen molar-refractivity contribution in [3.63, 3.8) is 0 Å². The summed E-state index contributed by atoms with van der Waals surface area (Å²) in [5.41, 5.74) is 1.10. The summed E-state index contributed by atoms with van der Waals surface area (Å²) in [6, 6.07) is 12.2. The van der Waals surface area contributed by atoms with Crippen molar-refractivity contribution in [3.05, 3.63) is 54.3 Å². The molecule has 0 aliphatic heterocycles. The van der Waals surface area contributed by atoms with Crippen molar-refractivity contribution in [1.29, 1.82) is 0 Å². The van der Waals surface area contributed by atoms with E-state index in [-0.39, 0.29) is 22.6 Å². The molecule has 3 rings (SSSR count).